The maximum atomic E-state index is 11.4. The van der Waals surface area contributed by atoms with Gasteiger partial charge >= 0.3 is 11.9 Å². The molecule has 0 aliphatic rings. The Bertz CT molecular complexity index is 583. The molecule has 1 aromatic rings. The van der Waals surface area contributed by atoms with Gasteiger partial charge in [0.15, 0.2) is 0 Å². The van der Waals surface area contributed by atoms with Gasteiger partial charge < -0.3 is 14.5 Å². The molecule has 92 valence electrons. The van der Waals surface area contributed by atoms with Crippen molar-refractivity contribution in [2.45, 2.75) is 6.92 Å². The molecule has 1 rings (SSSR count). The zero-order valence-electron chi connectivity index (χ0n) is 9.31. The van der Waals surface area contributed by atoms with E-state index in [4.69, 9.17) is 0 Å². The summed E-state index contributed by atoms with van der Waals surface area (Å²) < 4.78 is 9.58. The van der Waals surface area contributed by atoms with Gasteiger partial charge in [0.1, 0.15) is 9.20 Å². The number of esters is 2. The van der Waals surface area contributed by atoms with Gasteiger partial charge in [-0.15, -0.1) is 11.3 Å². The molecule has 0 saturated carbocycles. The summed E-state index contributed by atoms with van der Waals surface area (Å²) >= 11 is 0.977. The predicted molar refractivity (Wildman–Crippen MR) is 61.8 cm³/mol. The van der Waals surface area contributed by atoms with Crippen LogP contribution in [0.5, 0.6) is 0 Å². The number of aromatic amines is 1. The highest BCUT2D eigenvalue weighted by molar-refractivity contribution is 7.07. The molecule has 0 bridgehead atoms. The predicted octanol–water partition coefficient (Wildman–Crippen LogP) is -1.27. The van der Waals surface area contributed by atoms with Gasteiger partial charge in [-0.25, -0.2) is 9.59 Å². The maximum Gasteiger partial charge on any atom is 0.333 e. The van der Waals surface area contributed by atoms with E-state index in [-0.39, 0.29) is 11.1 Å². The van der Waals surface area contributed by atoms with E-state index in [0.29, 0.717) is 4.66 Å². The normalized spacial score (nSPS) is 12.6. The molecular formula is C10H11NO5S. The molecular weight excluding hydrogens is 246 g/mol. The molecule has 7 heteroatoms. The van der Waals surface area contributed by atoms with Crippen LogP contribution in [0.15, 0.2) is 4.79 Å². The van der Waals surface area contributed by atoms with Crippen molar-refractivity contribution in [1.82, 2.24) is 4.98 Å². The van der Waals surface area contributed by atoms with Crippen LogP contribution in [-0.2, 0) is 19.1 Å². The molecule has 0 amide bonds. The minimum Gasteiger partial charge on any atom is -0.466 e. The molecule has 0 aliphatic heterocycles. The molecule has 0 radical (unpaired) electrons. The van der Waals surface area contributed by atoms with Crippen molar-refractivity contribution in [2.75, 3.05) is 13.7 Å². The molecule has 1 N–H and O–H groups in total. The molecule has 0 aromatic carbocycles. The topological polar surface area (TPSA) is 85.5 Å². The van der Waals surface area contributed by atoms with Crippen LogP contribution in [0.1, 0.15) is 6.92 Å². The number of carbonyl (C=O) groups excluding carboxylic acids is 2. The van der Waals surface area contributed by atoms with E-state index in [0.717, 1.165) is 23.5 Å². The van der Waals surface area contributed by atoms with Gasteiger partial charge in [-0.1, -0.05) is 0 Å². The lowest BCUT2D eigenvalue weighted by Gasteiger charge is -1.92. The first kappa shape index (κ1) is 13.2. The van der Waals surface area contributed by atoms with Crippen LogP contribution in [0.4, 0.5) is 0 Å². The summed E-state index contributed by atoms with van der Waals surface area (Å²) in [5.74, 6) is -1.17. The quantitative estimate of drug-likeness (QED) is 0.683. The zero-order chi connectivity index (χ0) is 12.8. The third-order valence-corrected chi connectivity index (χ3v) is 2.63. The first-order valence-corrected chi connectivity index (χ1v) is 5.55. The number of H-pyrrole nitrogens is 1. The third-order valence-electron chi connectivity index (χ3n) is 1.67. The van der Waals surface area contributed by atoms with Crippen molar-refractivity contribution < 1.29 is 19.1 Å². The van der Waals surface area contributed by atoms with Gasteiger partial charge in [-0.3, -0.25) is 4.79 Å². The summed E-state index contributed by atoms with van der Waals surface area (Å²) in [5, 5.41) is 0. The highest BCUT2D eigenvalue weighted by Gasteiger charge is 2.00. The average molecular weight is 257 g/mol. The molecule has 0 aliphatic carbocycles. The molecule has 0 saturated heterocycles. The molecule has 0 atom stereocenters. The second kappa shape index (κ2) is 6.00. The molecule has 1 heterocycles. The average Bonchev–Trinajstić information content (AvgIpc) is 2.59. The highest BCUT2D eigenvalue weighted by Crippen LogP contribution is 1.80. The van der Waals surface area contributed by atoms with Crippen LogP contribution in [0.2, 0.25) is 0 Å². The molecule has 0 spiro atoms. The Hall–Kier alpha value is -1.89. The first-order valence-electron chi connectivity index (χ1n) is 4.74. The van der Waals surface area contributed by atoms with Gasteiger partial charge in [0.05, 0.1) is 19.8 Å². The Morgan fingerprint density at radius 2 is 2.06 bits per heavy atom. The van der Waals surface area contributed by atoms with E-state index in [1.54, 1.807) is 6.92 Å². The summed E-state index contributed by atoms with van der Waals surface area (Å²) in [5.41, 5.74) is -0.448. The van der Waals surface area contributed by atoms with E-state index in [2.05, 4.69) is 14.5 Å². The first-order chi connectivity index (χ1) is 8.06. The Balaban J connectivity index is 3.13. The summed E-state index contributed by atoms with van der Waals surface area (Å²) in [4.78, 5) is 35.9. The standard InChI is InChI=1S/C10H11NO5S/c1-3-16-9(13)5-7-11-10(14)6(17-7)4-8(12)15-2/h4-5H,3H2,1-2H3,(H,11,14)/b6-4-,7-5-. The minimum atomic E-state index is -0.625. The van der Waals surface area contributed by atoms with Crippen molar-refractivity contribution in [3.63, 3.8) is 0 Å². The number of carbonyl (C=O) groups is 2. The van der Waals surface area contributed by atoms with Crippen molar-refractivity contribution in [3.05, 3.63) is 19.5 Å². The summed E-state index contributed by atoms with van der Waals surface area (Å²) in [6, 6.07) is 0. The van der Waals surface area contributed by atoms with Crippen molar-refractivity contribution in [2.24, 2.45) is 0 Å². The fourth-order valence-corrected chi connectivity index (χ4v) is 1.82. The van der Waals surface area contributed by atoms with Crippen LogP contribution in [-0.4, -0.2) is 30.6 Å². The van der Waals surface area contributed by atoms with Gasteiger partial charge in [-0.05, 0) is 6.92 Å². The van der Waals surface area contributed by atoms with E-state index in [1.807, 2.05) is 0 Å². The number of thiazole rings is 1. The summed E-state index contributed by atoms with van der Waals surface area (Å²) in [6.07, 6.45) is 2.22. The number of hydrogen-bond donors (Lipinski definition) is 1. The van der Waals surface area contributed by atoms with Crippen LogP contribution in [0.3, 0.4) is 0 Å². The number of ether oxygens (including phenoxy) is 2. The zero-order valence-corrected chi connectivity index (χ0v) is 10.1. The van der Waals surface area contributed by atoms with E-state index >= 15 is 0 Å². The molecule has 17 heavy (non-hydrogen) atoms. The minimum absolute atomic E-state index is 0.174. The van der Waals surface area contributed by atoms with Gasteiger partial charge in [0.2, 0.25) is 0 Å². The van der Waals surface area contributed by atoms with Gasteiger partial charge in [-0.2, -0.15) is 0 Å². The Labute approximate surface area is 100 Å². The molecule has 0 fully saturated rings. The smallest absolute Gasteiger partial charge is 0.333 e. The van der Waals surface area contributed by atoms with Crippen LogP contribution in [0, 0.1) is 0 Å². The number of rotatable bonds is 3. The number of hydrogen-bond acceptors (Lipinski definition) is 6. The SMILES string of the molecule is CCOC(=O)/C=c1/[nH]c(=O)/c(=C/C(=O)OC)s1. The second-order valence-electron chi connectivity index (χ2n) is 2.85. The van der Waals surface area contributed by atoms with Gasteiger partial charge in [0.25, 0.3) is 5.56 Å². The summed E-state index contributed by atoms with van der Waals surface area (Å²) in [6.45, 7) is 1.94. The van der Waals surface area contributed by atoms with Crippen molar-refractivity contribution in [3.8, 4) is 0 Å². The number of aromatic nitrogens is 1. The van der Waals surface area contributed by atoms with Gasteiger partial charge in [0, 0.05) is 6.08 Å². The van der Waals surface area contributed by atoms with E-state index < -0.39 is 17.5 Å². The largest absolute Gasteiger partial charge is 0.466 e. The highest BCUT2D eigenvalue weighted by atomic mass is 32.1. The molecule has 0 unspecified atom stereocenters. The van der Waals surface area contributed by atoms with Crippen molar-refractivity contribution in [1.29, 1.82) is 0 Å². The van der Waals surface area contributed by atoms with E-state index in [9.17, 15) is 14.4 Å². The molecule has 1 aromatic heterocycles. The van der Waals surface area contributed by atoms with Crippen molar-refractivity contribution >= 4 is 35.4 Å². The molecule has 6 nitrogen and oxygen atoms in total. The Morgan fingerprint density at radius 3 is 2.65 bits per heavy atom. The maximum absolute atomic E-state index is 11.4. The van der Waals surface area contributed by atoms with Crippen LogP contribution in [0.25, 0.3) is 12.2 Å². The lowest BCUT2D eigenvalue weighted by atomic mass is 10.6. The lowest BCUT2D eigenvalue weighted by Crippen LogP contribution is -2.21. The number of methoxy groups -OCH3 is 1. The van der Waals surface area contributed by atoms with E-state index in [1.165, 1.54) is 7.11 Å². The Kier molecular flexibility index (Phi) is 4.65. The lowest BCUT2D eigenvalue weighted by molar-refractivity contribution is -0.135. The number of nitrogens with one attached hydrogen (secondary N) is 1. The summed E-state index contributed by atoms with van der Waals surface area (Å²) in [7, 11) is 1.21. The Morgan fingerprint density at radius 1 is 1.35 bits per heavy atom. The monoisotopic (exact) mass is 257 g/mol. The van der Waals surface area contributed by atoms with Crippen LogP contribution >= 0.6 is 11.3 Å². The van der Waals surface area contributed by atoms with Crippen LogP contribution < -0.4 is 14.8 Å². The fraction of sp³-hybridized carbons (Fsp3) is 0.300. The third kappa shape index (κ3) is 3.87. The fourth-order valence-electron chi connectivity index (χ4n) is 0.981. The second-order valence-corrected chi connectivity index (χ2v) is 3.93.